The molecule has 0 heterocycles. The van der Waals surface area contributed by atoms with E-state index in [1.165, 1.54) is 0 Å². The summed E-state index contributed by atoms with van der Waals surface area (Å²) in [6.07, 6.45) is 0. The molecule has 0 saturated heterocycles. The molecule has 0 bridgehead atoms. The van der Waals surface area contributed by atoms with Crippen LogP contribution in [0.4, 0.5) is 0 Å². The van der Waals surface area contributed by atoms with Gasteiger partial charge in [-0.15, -0.1) is 0 Å². The average molecular weight is 159 g/mol. The summed E-state index contributed by atoms with van der Waals surface area (Å²) in [6.45, 7) is 6.81. The second kappa shape index (κ2) is 6.02. The van der Waals surface area contributed by atoms with Gasteiger partial charge in [-0.05, 0) is 0 Å². The summed E-state index contributed by atoms with van der Waals surface area (Å²) in [5, 5.41) is 0. The molecule has 0 aliphatic heterocycles. The van der Waals surface area contributed by atoms with Crippen molar-refractivity contribution in [3.8, 4) is 0 Å². The normalized spacial score (nSPS) is 7.20. The average Bonchev–Trinajstić information content (AvgIpc) is 0.811. The summed E-state index contributed by atoms with van der Waals surface area (Å²) in [5.74, 6) is 0. The van der Waals surface area contributed by atoms with Crippen molar-refractivity contribution in [1.29, 1.82) is 0 Å². The number of hydrogen-bond acceptors (Lipinski definition) is 0. The fraction of sp³-hybridized carbons (Fsp3) is 1.00. The van der Waals surface area contributed by atoms with Gasteiger partial charge in [0, 0.05) is 0 Å². The van der Waals surface area contributed by atoms with Gasteiger partial charge in [-0.3, -0.25) is 8.80 Å². The molecule has 0 rings (SSSR count). The van der Waals surface area contributed by atoms with E-state index in [1.54, 1.807) is 0 Å². The Kier molecular flexibility index (Phi) is 12.2. The quantitative estimate of drug-likeness (QED) is 0.372. The molecule has 5 heavy (non-hydrogen) atoms. The SMILES string of the molecule is C[Si-](C)C.[Rb+]. The standard InChI is InChI=1S/C3H9Si.Rb/c1-4(2)3;/h1-3H3;/q-1;+1. The van der Waals surface area contributed by atoms with Gasteiger partial charge in [-0.2, -0.15) is 19.6 Å². The van der Waals surface area contributed by atoms with Crippen molar-refractivity contribution in [2.45, 2.75) is 19.6 Å². The Bertz CT molecular complexity index is 11.6. The maximum atomic E-state index is 2.27. The van der Waals surface area contributed by atoms with Gasteiger partial charge in [0.1, 0.15) is 0 Å². The van der Waals surface area contributed by atoms with E-state index in [0.29, 0.717) is 0 Å². The zero-order valence-electron chi connectivity index (χ0n) is 4.50. The molecule has 0 atom stereocenters. The first-order valence-electron chi connectivity index (χ1n) is 1.50. The molecule has 0 amide bonds. The van der Waals surface area contributed by atoms with Crippen molar-refractivity contribution < 1.29 is 58.2 Å². The summed E-state index contributed by atoms with van der Waals surface area (Å²) in [6, 6.07) is 0. The zero-order valence-corrected chi connectivity index (χ0v) is 10.4. The summed E-state index contributed by atoms with van der Waals surface area (Å²) in [5.41, 5.74) is 0. The van der Waals surface area contributed by atoms with E-state index in [4.69, 9.17) is 0 Å². The largest absolute Gasteiger partial charge is 1.00 e. The molecule has 0 aromatic heterocycles. The molecule has 0 spiro atoms. The summed E-state index contributed by atoms with van der Waals surface area (Å²) in [4.78, 5) is 0. The maximum Gasteiger partial charge on any atom is 1.00 e. The monoisotopic (exact) mass is 158 g/mol. The van der Waals surface area contributed by atoms with Crippen molar-refractivity contribution in [2.24, 2.45) is 0 Å². The molecular formula is C3H9RbSi. The van der Waals surface area contributed by atoms with Crippen LogP contribution in [0.25, 0.3) is 0 Å². The first kappa shape index (κ1) is 10.1. The second-order valence-corrected chi connectivity index (χ2v) is 4.50. The van der Waals surface area contributed by atoms with Gasteiger partial charge >= 0.3 is 58.2 Å². The van der Waals surface area contributed by atoms with Crippen LogP contribution in [-0.2, 0) is 0 Å². The predicted molar refractivity (Wildman–Crippen MR) is 23.3 cm³/mol. The van der Waals surface area contributed by atoms with E-state index in [1.807, 2.05) is 0 Å². The Hall–Kier alpha value is 2.02. The molecule has 0 N–H and O–H groups in total. The van der Waals surface area contributed by atoms with E-state index < -0.39 is 0 Å². The van der Waals surface area contributed by atoms with Crippen molar-refractivity contribution in [3.63, 3.8) is 0 Å². The first-order chi connectivity index (χ1) is 1.73. The molecule has 0 unspecified atom stereocenters. The van der Waals surface area contributed by atoms with Crippen LogP contribution in [0.1, 0.15) is 0 Å². The van der Waals surface area contributed by atoms with Crippen LogP contribution in [0, 0.1) is 0 Å². The number of rotatable bonds is 0. The summed E-state index contributed by atoms with van der Waals surface area (Å²) >= 11 is 0. The first-order valence-corrected chi connectivity index (χ1v) is 4.50. The minimum Gasteiger partial charge on any atom is -0.271 e. The van der Waals surface area contributed by atoms with Crippen molar-refractivity contribution in [1.82, 2.24) is 0 Å². The Morgan fingerprint density at radius 3 is 1.00 bits per heavy atom. The molecular weight excluding hydrogens is 150 g/mol. The molecule has 0 radical (unpaired) electrons. The molecule has 2 heteroatoms. The van der Waals surface area contributed by atoms with E-state index in [-0.39, 0.29) is 67.0 Å². The number of hydrogen-bond donors (Lipinski definition) is 0. The molecule has 0 aliphatic rings. The van der Waals surface area contributed by atoms with E-state index in [9.17, 15) is 0 Å². The third-order valence-electron chi connectivity index (χ3n) is 0. The Labute approximate surface area is 84.7 Å². The third-order valence-corrected chi connectivity index (χ3v) is 0. The van der Waals surface area contributed by atoms with Crippen LogP contribution >= 0.6 is 0 Å². The minimum atomic E-state index is 0. The van der Waals surface area contributed by atoms with Crippen LogP contribution in [0.3, 0.4) is 0 Å². The molecule has 0 aromatic carbocycles. The van der Waals surface area contributed by atoms with Crippen molar-refractivity contribution in [2.75, 3.05) is 0 Å². The smallest absolute Gasteiger partial charge is 0.271 e. The molecule has 26 valence electrons. The van der Waals surface area contributed by atoms with E-state index >= 15 is 0 Å². The zero-order chi connectivity index (χ0) is 3.58. The fourth-order valence-corrected chi connectivity index (χ4v) is 0. The maximum absolute atomic E-state index is 2.27. The summed E-state index contributed by atoms with van der Waals surface area (Å²) in [7, 11) is 0.120. The van der Waals surface area contributed by atoms with Gasteiger partial charge in [0.2, 0.25) is 0 Å². The fourth-order valence-electron chi connectivity index (χ4n) is 0. The van der Waals surface area contributed by atoms with Crippen molar-refractivity contribution in [3.05, 3.63) is 0 Å². The van der Waals surface area contributed by atoms with Crippen LogP contribution in [-0.4, -0.2) is 8.80 Å². The Morgan fingerprint density at radius 2 is 1.00 bits per heavy atom. The van der Waals surface area contributed by atoms with Crippen LogP contribution < -0.4 is 58.2 Å². The Morgan fingerprint density at radius 1 is 1.00 bits per heavy atom. The second-order valence-electron chi connectivity index (χ2n) is 1.50. The van der Waals surface area contributed by atoms with Crippen LogP contribution in [0.2, 0.25) is 19.6 Å². The molecule has 0 aliphatic carbocycles. The topological polar surface area (TPSA) is 0 Å². The van der Waals surface area contributed by atoms with E-state index in [0.717, 1.165) is 0 Å². The van der Waals surface area contributed by atoms with Crippen LogP contribution in [0.15, 0.2) is 0 Å². The molecule has 0 saturated carbocycles. The Balaban J connectivity index is 0. The molecule has 0 nitrogen and oxygen atoms in total. The molecule has 0 aromatic rings. The van der Waals surface area contributed by atoms with Crippen LogP contribution in [0.5, 0.6) is 0 Å². The molecule has 0 fully saturated rings. The third kappa shape index (κ3) is 23.8. The van der Waals surface area contributed by atoms with Crippen molar-refractivity contribution >= 4 is 8.80 Å². The van der Waals surface area contributed by atoms with Gasteiger partial charge in [-0.25, -0.2) is 0 Å². The van der Waals surface area contributed by atoms with Gasteiger partial charge in [0.15, 0.2) is 0 Å². The summed E-state index contributed by atoms with van der Waals surface area (Å²) < 4.78 is 0. The van der Waals surface area contributed by atoms with Gasteiger partial charge in [-0.1, -0.05) is 0 Å². The van der Waals surface area contributed by atoms with Gasteiger partial charge in [0.05, 0.1) is 0 Å². The van der Waals surface area contributed by atoms with Gasteiger partial charge in [0.25, 0.3) is 0 Å². The van der Waals surface area contributed by atoms with Gasteiger partial charge < -0.3 is 0 Å². The predicted octanol–water partition coefficient (Wildman–Crippen LogP) is -1.63. The van der Waals surface area contributed by atoms with E-state index in [2.05, 4.69) is 19.6 Å². The minimum absolute atomic E-state index is 0.